The lowest BCUT2D eigenvalue weighted by atomic mass is 10.0. The quantitative estimate of drug-likeness (QED) is 0.416. The number of rotatable bonds is 9. The molecular weight excluding hydrogens is 322 g/mol. The van der Waals surface area contributed by atoms with E-state index < -0.39 is 0 Å². The van der Waals surface area contributed by atoms with Gasteiger partial charge in [-0.2, -0.15) is 25.3 Å². The molecule has 2 aromatic rings. The van der Waals surface area contributed by atoms with Crippen molar-refractivity contribution >= 4 is 25.3 Å². The molecule has 2 rings (SSSR count). The first kappa shape index (κ1) is 18.3. The van der Waals surface area contributed by atoms with Gasteiger partial charge in [0.2, 0.25) is 0 Å². The molecule has 1 aromatic heterocycles. The second kappa shape index (κ2) is 9.98. The summed E-state index contributed by atoms with van der Waals surface area (Å²) in [6.07, 6.45) is 0. The molecule has 0 atom stereocenters. The van der Waals surface area contributed by atoms with Gasteiger partial charge >= 0.3 is 0 Å². The molecule has 1 heterocycles. The van der Waals surface area contributed by atoms with Crippen LogP contribution >= 0.6 is 25.3 Å². The summed E-state index contributed by atoms with van der Waals surface area (Å²) in [6, 6.07) is 13.0. The maximum absolute atomic E-state index is 4.75. The van der Waals surface area contributed by atoms with E-state index in [1.165, 1.54) is 16.7 Å². The van der Waals surface area contributed by atoms with Crippen LogP contribution in [-0.4, -0.2) is 29.6 Å². The number of aromatic nitrogens is 1. The Hall–Kier alpha value is -1.01. The molecule has 0 saturated heterocycles. The first-order chi connectivity index (χ1) is 11.2. The van der Waals surface area contributed by atoms with Crippen LogP contribution in [0.5, 0.6) is 0 Å². The Morgan fingerprint density at radius 2 is 1.35 bits per heavy atom. The number of hydrogen-bond donors (Lipinski definition) is 4. The van der Waals surface area contributed by atoms with E-state index >= 15 is 0 Å². The number of nitrogens with one attached hydrogen (secondary N) is 2. The summed E-state index contributed by atoms with van der Waals surface area (Å²) in [5.74, 6) is 1.65. The Morgan fingerprint density at radius 3 is 1.83 bits per heavy atom. The average Bonchev–Trinajstić information content (AvgIpc) is 2.56. The molecule has 2 N–H and O–H groups in total. The summed E-state index contributed by atoms with van der Waals surface area (Å²) < 4.78 is 0. The standard InChI is InChI=1S/C18H25N3S2/c1-14-2-4-15(5-3-14)16-10-17(12-19-6-8-22)21-18(11-16)13-20-7-9-23/h2-5,10-11,19-20,22-23H,6-9,12-13H2,1H3. The predicted octanol–water partition coefficient (Wildman–Crippen LogP) is 3.10. The fourth-order valence-corrected chi connectivity index (χ4v) is 2.65. The van der Waals surface area contributed by atoms with Crippen LogP contribution in [0.1, 0.15) is 17.0 Å². The molecule has 3 nitrogen and oxygen atoms in total. The Bertz CT molecular complexity index is 571. The highest BCUT2D eigenvalue weighted by Crippen LogP contribution is 2.21. The minimum atomic E-state index is 0.764. The van der Waals surface area contributed by atoms with Crippen molar-refractivity contribution in [3.05, 3.63) is 53.3 Å². The van der Waals surface area contributed by atoms with Gasteiger partial charge in [0.15, 0.2) is 0 Å². The lowest BCUT2D eigenvalue weighted by Gasteiger charge is -2.11. The first-order valence-electron chi connectivity index (χ1n) is 7.93. The normalized spacial score (nSPS) is 10.9. The van der Waals surface area contributed by atoms with Crippen molar-refractivity contribution in [3.8, 4) is 11.1 Å². The number of pyridine rings is 1. The predicted molar refractivity (Wildman–Crippen MR) is 106 cm³/mol. The van der Waals surface area contributed by atoms with E-state index in [4.69, 9.17) is 4.98 Å². The van der Waals surface area contributed by atoms with Crippen molar-refractivity contribution in [1.29, 1.82) is 0 Å². The van der Waals surface area contributed by atoms with E-state index in [1.54, 1.807) is 0 Å². The highest BCUT2D eigenvalue weighted by molar-refractivity contribution is 7.80. The molecule has 0 radical (unpaired) electrons. The number of nitrogens with zero attached hydrogens (tertiary/aromatic N) is 1. The molecule has 0 saturated carbocycles. The van der Waals surface area contributed by atoms with Crippen LogP contribution in [0.15, 0.2) is 36.4 Å². The topological polar surface area (TPSA) is 37.0 Å². The number of thiol groups is 2. The van der Waals surface area contributed by atoms with Crippen LogP contribution in [0.3, 0.4) is 0 Å². The molecule has 1 aromatic carbocycles. The number of aryl methyl sites for hydroxylation is 1. The third kappa shape index (κ3) is 6.18. The molecule has 5 heteroatoms. The highest BCUT2D eigenvalue weighted by atomic mass is 32.1. The van der Waals surface area contributed by atoms with Crippen molar-refractivity contribution in [2.45, 2.75) is 20.0 Å². The Labute approximate surface area is 150 Å². The summed E-state index contributed by atoms with van der Waals surface area (Å²) in [6.45, 7) is 5.40. The monoisotopic (exact) mass is 347 g/mol. The maximum Gasteiger partial charge on any atom is 0.0551 e. The molecule has 0 amide bonds. The van der Waals surface area contributed by atoms with Gasteiger partial charge in [-0.25, -0.2) is 0 Å². The fraction of sp³-hybridized carbons (Fsp3) is 0.389. The second-order valence-electron chi connectivity index (χ2n) is 5.51. The van der Waals surface area contributed by atoms with Crippen LogP contribution < -0.4 is 10.6 Å². The smallest absolute Gasteiger partial charge is 0.0551 e. The minimum absolute atomic E-state index is 0.764. The van der Waals surface area contributed by atoms with Gasteiger partial charge in [0.05, 0.1) is 11.4 Å². The first-order valence-corrected chi connectivity index (χ1v) is 9.19. The minimum Gasteiger partial charge on any atom is -0.310 e. The Kier molecular flexibility index (Phi) is 7.95. The van der Waals surface area contributed by atoms with Crippen LogP contribution in [0.4, 0.5) is 0 Å². The Balaban J connectivity index is 2.22. The van der Waals surface area contributed by atoms with E-state index in [0.717, 1.165) is 49.1 Å². The van der Waals surface area contributed by atoms with Gasteiger partial charge in [0.25, 0.3) is 0 Å². The fourth-order valence-electron chi connectivity index (χ4n) is 2.33. The maximum atomic E-state index is 4.75. The lowest BCUT2D eigenvalue weighted by Crippen LogP contribution is -2.19. The van der Waals surface area contributed by atoms with E-state index in [1.807, 2.05) is 0 Å². The molecular formula is C18H25N3S2. The van der Waals surface area contributed by atoms with Crippen molar-refractivity contribution in [3.63, 3.8) is 0 Å². The number of hydrogen-bond acceptors (Lipinski definition) is 5. The van der Waals surface area contributed by atoms with Gasteiger partial charge in [-0.15, -0.1) is 0 Å². The van der Waals surface area contributed by atoms with Crippen LogP contribution in [0, 0.1) is 6.92 Å². The largest absolute Gasteiger partial charge is 0.310 e. The summed E-state index contributed by atoms with van der Waals surface area (Å²) in [5, 5.41) is 6.72. The third-order valence-electron chi connectivity index (χ3n) is 3.51. The van der Waals surface area contributed by atoms with E-state index in [0.29, 0.717) is 0 Å². The van der Waals surface area contributed by atoms with Crippen molar-refractivity contribution in [2.75, 3.05) is 24.6 Å². The molecule has 0 unspecified atom stereocenters. The van der Waals surface area contributed by atoms with Gasteiger partial charge in [0, 0.05) is 37.7 Å². The summed E-state index contributed by atoms with van der Waals surface area (Å²) in [5.41, 5.74) is 5.84. The molecule has 0 aliphatic heterocycles. The Morgan fingerprint density at radius 1 is 0.826 bits per heavy atom. The highest BCUT2D eigenvalue weighted by Gasteiger charge is 2.05. The molecule has 0 aliphatic carbocycles. The molecule has 0 spiro atoms. The molecule has 0 bridgehead atoms. The van der Waals surface area contributed by atoms with Gasteiger partial charge < -0.3 is 10.6 Å². The van der Waals surface area contributed by atoms with E-state index in [-0.39, 0.29) is 0 Å². The summed E-state index contributed by atoms with van der Waals surface area (Å²) in [4.78, 5) is 4.75. The van der Waals surface area contributed by atoms with Crippen molar-refractivity contribution in [2.24, 2.45) is 0 Å². The molecule has 23 heavy (non-hydrogen) atoms. The van der Waals surface area contributed by atoms with Crippen LogP contribution in [-0.2, 0) is 13.1 Å². The average molecular weight is 348 g/mol. The third-order valence-corrected chi connectivity index (χ3v) is 3.95. The van der Waals surface area contributed by atoms with E-state index in [2.05, 4.69) is 79.2 Å². The van der Waals surface area contributed by atoms with Gasteiger partial charge in [0.1, 0.15) is 0 Å². The van der Waals surface area contributed by atoms with Crippen LogP contribution in [0.2, 0.25) is 0 Å². The van der Waals surface area contributed by atoms with Gasteiger partial charge in [-0.05, 0) is 30.2 Å². The van der Waals surface area contributed by atoms with E-state index in [9.17, 15) is 0 Å². The molecule has 0 fully saturated rings. The van der Waals surface area contributed by atoms with Crippen LogP contribution in [0.25, 0.3) is 11.1 Å². The van der Waals surface area contributed by atoms with Crippen molar-refractivity contribution < 1.29 is 0 Å². The zero-order chi connectivity index (χ0) is 16.5. The van der Waals surface area contributed by atoms with Gasteiger partial charge in [-0.1, -0.05) is 29.8 Å². The lowest BCUT2D eigenvalue weighted by molar-refractivity contribution is 0.688. The van der Waals surface area contributed by atoms with Crippen molar-refractivity contribution in [1.82, 2.24) is 15.6 Å². The second-order valence-corrected chi connectivity index (χ2v) is 6.40. The summed E-state index contributed by atoms with van der Waals surface area (Å²) >= 11 is 8.46. The van der Waals surface area contributed by atoms with Gasteiger partial charge in [-0.3, -0.25) is 4.98 Å². The number of benzene rings is 1. The molecule has 0 aliphatic rings. The summed E-state index contributed by atoms with van der Waals surface area (Å²) in [7, 11) is 0. The zero-order valence-corrected chi connectivity index (χ0v) is 15.3. The SMILES string of the molecule is Cc1ccc(-c2cc(CNCCS)nc(CNCCS)c2)cc1. The zero-order valence-electron chi connectivity index (χ0n) is 13.5. The molecule has 124 valence electrons.